The molecule has 0 radical (unpaired) electrons. The monoisotopic (exact) mass is 259 g/mol. The Hall–Kier alpha value is -1.13. The maximum Gasteiger partial charge on any atom is 0.253 e. The fourth-order valence-electron chi connectivity index (χ4n) is 1.45. The van der Waals surface area contributed by atoms with E-state index in [2.05, 4.69) is 5.32 Å². The second kappa shape index (κ2) is 6.57. The van der Waals surface area contributed by atoms with Crippen molar-refractivity contribution in [3.05, 3.63) is 34.6 Å². The van der Waals surface area contributed by atoms with Crippen LogP contribution < -0.4 is 5.32 Å². The highest BCUT2D eigenvalue weighted by Gasteiger charge is 2.15. The normalized spacial score (nSPS) is 12.2. The SMILES string of the molecule is CC(CCCO)NC(=O)c1cccc(F)c1Cl. The van der Waals surface area contributed by atoms with E-state index in [0.29, 0.717) is 12.8 Å². The average Bonchev–Trinajstić information content (AvgIpc) is 2.29. The second-order valence-electron chi connectivity index (χ2n) is 3.84. The van der Waals surface area contributed by atoms with Crippen LogP contribution in [0.25, 0.3) is 0 Å². The van der Waals surface area contributed by atoms with E-state index < -0.39 is 11.7 Å². The second-order valence-corrected chi connectivity index (χ2v) is 4.22. The standard InChI is InChI=1S/C12H15ClFNO2/c1-8(4-3-7-16)15-12(17)9-5-2-6-10(14)11(9)13/h2,5-6,8,16H,3-4,7H2,1H3,(H,15,17). The number of halogens is 2. The highest BCUT2D eigenvalue weighted by molar-refractivity contribution is 6.34. The molecule has 3 nitrogen and oxygen atoms in total. The maximum absolute atomic E-state index is 13.1. The van der Waals surface area contributed by atoms with E-state index in [9.17, 15) is 9.18 Å². The molecule has 1 aromatic rings. The van der Waals surface area contributed by atoms with Gasteiger partial charge in [0, 0.05) is 12.6 Å². The fourth-order valence-corrected chi connectivity index (χ4v) is 1.66. The first-order valence-electron chi connectivity index (χ1n) is 5.42. The average molecular weight is 260 g/mol. The Morgan fingerprint density at radius 2 is 2.29 bits per heavy atom. The summed E-state index contributed by atoms with van der Waals surface area (Å²) in [5, 5.41) is 11.2. The van der Waals surface area contributed by atoms with Crippen molar-refractivity contribution < 1.29 is 14.3 Å². The Kier molecular flexibility index (Phi) is 5.38. The lowest BCUT2D eigenvalue weighted by Gasteiger charge is -2.13. The number of hydrogen-bond donors (Lipinski definition) is 2. The lowest BCUT2D eigenvalue weighted by molar-refractivity contribution is 0.0936. The van der Waals surface area contributed by atoms with Crippen molar-refractivity contribution in [2.75, 3.05) is 6.61 Å². The van der Waals surface area contributed by atoms with Crippen LogP contribution in [0.3, 0.4) is 0 Å². The minimum absolute atomic E-state index is 0.0843. The third-order valence-electron chi connectivity index (χ3n) is 2.37. The van der Waals surface area contributed by atoms with E-state index in [0.717, 1.165) is 0 Å². The van der Waals surface area contributed by atoms with Crippen LogP contribution in [-0.2, 0) is 0 Å². The molecule has 0 saturated heterocycles. The molecule has 0 bridgehead atoms. The Morgan fingerprint density at radius 3 is 2.94 bits per heavy atom. The van der Waals surface area contributed by atoms with Gasteiger partial charge in [-0.05, 0) is 31.9 Å². The molecule has 2 N–H and O–H groups in total. The Balaban J connectivity index is 2.67. The summed E-state index contributed by atoms with van der Waals surface area (Å²) in [6, 6.07) is 4.02. The zero-order valence-electron chi connectivity index (χ0n) is 9.54. The molecule has 0 spiro atoms. The highest BCUT2D eigenvalue weighted by Crippen LogP contribution is 2.19. The quantitative estimate of drug-likeness (QED) is 0.853. The highest BCUT2D eigenvalue weighted by atomic mass is 35.5. The van der Waals surface area contributed by atoms with Gasteiger partial charge in [-0.1, -0.05) is 17.7 Å². The van der Waals surface area contributed by atoms with E-state index in [4.69, 9.17) is 16.7 Å². The van der Waals surface area contributed by atoms with Gasteiger partial charge >= 0.3 is 0 Å². The number of carbonyl (C=O) groups is 1. The molecule has 0 aliphatic rings. The summed E-state index contributed by atoms with van der Waals surface area (Å²) in [6.45, 7) is 1.90. The van der Waals surface area contributed by atoms with Crippen LogP contribution in [0.5, 0.6) is 0 Å². The molecule has 5 heteroatoms. The van der Waals surface area contributed by atoms with Gasteiger partial charge in [0.15, 0.2) is 0 Å². The first kappa shape index (κ1) is 13.9. The zero-order chi connectivity index (χ0) is 12.8. The van der Waals surface area contributed by atoms with Crippen LogP contribution in [0, 0.1) is 5.82 Å². The summed E-state index contributed by atoms with van der Waals surface area (Å²) in [5.74, 6) is -1.01. The summed E-state index contributed by atoms with van der Waals surface area (Å²) in [5.41, 5.74) is 0.127. The molecule has 0 aromatic heterocycles. The van der Waals surface area contributed by atoms with Gasteiger partial charge in [0.1, 0.15) is 5.82 Å². The van der Waals surface area contributed by atoms with Crippen LogP contribution >= 0.6 is 11.6 Å². The smallest absolute Gasteiger partial charge is 0.253 e. The molecule has 1 rings (SSSR count). The maximum atomic E-state index is 13.1. The third-order valence-corrected chi connectivity index (χ3v) is 2.75. The van der Waals surface area contributed by atoms with Gasteiger partial charge in [0.05, 0.1) is 10.6 Å². The van der Waals surface area contributed by atoms with Gasteiger partial charge in [-0.3, -0.25) is 4.79 Å². The molecule has 0 heterocycles. The molecule has 0 saturated carbocycles. The van der Waals surface area contributed by atoms with E-state index in [-0.39, 0.29) is 23.2 Å². The van der Waals surface area contributed by atoms with Crippen molar-refractivity contribution in [3.8, 4) is 0 Å². The van der Waals surface area contributed by atoms with Crippen LogP contribution in [-0.4, -0.2) is 23.7 Å². The number of carbonyl (C=O) groups excluding carboxylic acids is 1. The number of rotatable bonds is 5. The molecule has 1 atom stereocenters. The van der Waals surface area contributed by atoms with E-state index in [1.165, 1.54) is 18.2 Å². The van der Waals surface area contributed by atoms with Crippen molar-refractivity contribution in [2.24, 2.45) is 0 Å². The molecule has 0 fully saturated rings. The van der Waals surface area contributed by atoms with Crippen molar-refractivity contribution in [2.45, 2.75) is 25.8 Å². The molecule has 1 amide bonds. The number of aliphatic hydroxyl groups is 1. The number of benzene rings is 1. The zero-order valence-corrected chi connectivity index (χ0v) is 10.3. The van der Waals surface area contributed by atoms with Crippen molar-refractivity contribution in [1.82, 2.24) is 5.32 Å². The topological polar surface area (TPSA) is 49.3 Å². The molecule has 17 heavy (non-hydrogen) atoms. The summed E-state index contributed by atoms with van der Waals surface area (Å²) in [4.78, 5) is 11.8. The van der Waals surface area contributed by atoms with Crippen molar-refractivity contribution in [1.29, 1.82) is 0 Å². The molecule has 0 aliphatic carbocycles. The van der Waals surface area contributed by atoms with Crippen LogP contribution in [0.4, 0.5) is 4.39 Å². The van der Waals surface area contributed by atoms with E-state index in [1.807, 2.05) is 6.92 Å². The van der Waals surface area contributed by atoms with Crippen molar-refractivity contribution >= 4 is 17.5 Å². The van der Waals surface area contributed by atoms with Gasteiger partial charge in [-0.2, -0.15) is 0 Å². The Morgan fingerprint density at radius 1 is 1.59 bits per heavy atom. The Labute approximate surface area is 105 Å². The predicted octanol–water partition coefficient (Wildman–Crippen LogP) is 2.37. The van der Waals surface area contributed by atoms with Crippen LogP contribution in [0.1, 0.15) is 30.1 Å². The molecule has 1 aromatic carbocycles. The van der Waals surface area contributed by atoms with Gasteiger partial charge in [-0.15, -0.1) is 0 Å². The molecular weight excluding hydrogens is 245 g/mol. The van der Waals surface area contributed by atoms with E-state index in [1.54, 1.807) is 0 Å². The lowest BCUT2D eigenvalue weighted by atomic mass is 10.1. The molecule has 94 valence electrons. The van der Waals surface area contributed by atoms with Crippen LogP contribution in [0.2, 0.25) is 5.02 Å². The van der Waals surface area contributed by atoms with Crippen molar-refractivity contribution in [3.63, 3.8) is 0 Å². The summed E-state index contributed by atoms with van der Waals surface area (Å²) in [6.07, 6.45) is 1.27. The largest absolute Gasteiger partial charge is 0.396 e. The summed E-state index contributed by atoms with van der Waals surface area (Å²) < 4.78 is 13.1. The molecule has 0 aliphatic heterocycles. The number of amides is 1. The summed E-state index contributed by atoms with van der Waals surface area (Å²) in [7, 11) is 0. The first-order chi connectivity index (χ1) is 8.06. The van der Waals surface area contributed by atoms with Crippen LogP contribution in [0.15, 0.2) is 18.2 Å². The first-order valence-corrected chi connectivity index (χ1v) is 5.79. The Bertz CT molecular complexity index is 398. The number of nitrogens with one attached hydrogen (secondary N) is 1. The van der Waals surface area contributed by atoms with Gasteiger partial charge in [-0.25, -0.2) is 4.39 Å². The number of aliphatic hydroxyl groups excluding tert-OH is 1. The lowest BCUT2D eigenvalue weighted by Crippen LogP contribution is -2.32. The third kappa shape index (κ3) is 3.98. The summed E-state index contributed by atoms with van der Waals surface area (Å²) >= 11 is 5.70. The molecular formula is C12H15ClFNO2. The van der Waals surface area contributed by atoms with Gasteiger partial charge < -0.3 is 10.4 Å². The molecule has 1 unspecified atom stereocenters. The minimum atomic E-state index is -0.609. The predicted molar refractivity (Wildman–Crippen MR) is 64.7 cm³/mol. The fraction of sp³-hybridized carbons (Fsp3) is 0.417. The van der Waals surface area contributed by atoms with Gasteiger partial charge in [0.25, 0.3) is 5.91 Å². The van der Waals surface area contributed by atoms with Gasteiger partial charge in [0.2, 0.25) is 0 Å². The minimum Gasteiger partial charge on any atom is -0.396 e. The van der Waals surface area contributed by atoms with E-state index >= 15 is 0 Å². The number of hydrogen-bond acceptors (Lipinski definition) is 2.